The molecular weight excluding hydrogens is 540 g/mol. The summed E-state index contributed by atoms with van der Waals surface area (Å²) in [4.78, 5) is 9.01. The average Bonchev–Trinajstić information content (AvgIpc) is 2.90. The molecule has 11 nitrogen and oxygen atoms in total. The molecule has 7 N–H and O–H groups in total. The molecule has 0 aliphatic carbocycles. The van der Waals surface area contributed by atoms with E-state index in [9.17, 15) is 23.7 Å². The highest BCUT2D eigenvalue weighted by Gasteiger charge is 2.15. The van der Waals surface area contributed by atoms with E-state index < -0.39 is 22.1 Å². The van der Waals surface area contributed by atoms with Crippen LogP contribution in [0, 0.1) is 0 Å². The minimum absolute atomic E-state index is 0.0131. The van der Waals surface area contributed by atoms with E-state index in [0.29, 0.717) is 24.3 Å². The Morgan fingerprint density at radius 1 is 1.02 bits per heavy atom. The van der Waals surface area contributed by atoms with Crippen molar-refractivity contribution in [3.63, 3.8) is 0 Å². The number of benzene rings is 2. The number of aliphatic hydroxyl groups is 2. The third kappa shape index (κ3) is 14.6. The van der Waals surface area contributed by atoms with Crippen LogP contribution in [0.4, 0.5) is 0 Å². The number of aliphatic carboxylic acids is 1. The number of nitrogens with one attached hydrogen (secondary N) is 1. The van der Waals surface area contributed by atoms with Crippen LogP contribution in [0.3, 0.4) is 0 Å². The monoisotopic (exact) mass is 584 g/mol. The summed E-state index contributed by atoms with van der Waals surface area (Å²) in [5.74, 6) is -0.552. The van der Waals surface area contributed by atoms with Crippen molar-refractivity contribution < 1.29 is 43.1 Å². The summed E-state index contributed by atoms with van der Waals surface area (Å²) >= 11 is 0. The number of unbranched alkanes of at least 4 members (excludes halogenated alkanes) is 4. The van der Waals surface area contributed by atoms with Crippen molar-refractivity contribution in [2.75, 3.05) is 33.4 Å². The van der Waals surface area contributed by atoms with Crippen molar-refractivity contribution in [3.8, 4) is 11.5 Å². The van der Waals surface area contributed by atoms with Crippen molar-refractivity contribution in [2.24, 2.45) is 5.14 Å². The molecule has 0 aromatic heterocycles. The Morgan fingerprint density at radius 3 is 2.30 bits per heavy atom. The maximum Gasteiger partial charge on any atom is 0.300 e. The summed E-state index contributed by atoms with van der Waals surface area (Å²) in [6.07, 6.45) is 5.98. The molecule has 0 amide bonds. The number of methoxy groups -OCH3 is 1. The SMILES string of the molecule is CC(=O)O.COc1ccc(CCCCOCCCCCCNC[C@H](O)c2ccc(O)c(CO)c2)cc1S(N)(=O)=O. The van der Waals surface area contributed by atoms with E-state index in [4.69, 9.17) is 24.5 Å². The second-order valence-electron chi connectivity index (χ2n) is 9.30. The lowest BCUT2D eigenvalue weighted by molar-refractivity contribution is -0.134. The van der Waals surface area contributed by atoms with Gasteiger partial charge in [-0.1, -0.05) is 25.0 Å². The molecule has 1 atom stereocenters. The first-order valence-corrected chi connectivity index (χ1v) is 14.8. The van der Waals surface area contributed by atoms with Crippen molar-refractivity contribution in [3.05, 3.63) is 53.1 Å². The second kappa shape index (κ2) is 19.4. The highest BCUT2D eigenvalue weighted by Crippen LogP contribution is 2.24. The number of aromatic hydroxyl groups is 1. The minimum Gasteiger partial charge on any atom is -0.508 e. The Balaban J connectivity index is 0.00000187. The van der Waals surface area contributed by atoms with Crippen molar-refractivity contribution >= 4 is 16.0 Å². The number of carboxylic acid groups (broad SMARTS) is 1. The third-order valence-corrected chi connectivity index (χ3v) is 6.86. The summed E-state index contributed by atoms with van der Waals surface area (Å²) in [6.45, 7) is 3.43. The fourth-order valence-electron chi connectivity index (χ4n) is 3.84. The van der Waals surface area contributed by atoms with Gasteiger partial charge >= 0.3 is 0 Å². The number of ether oxygens (including phenoxy) is 2. The van der Waals surface area contributed by atoms with Crippen LogP contribution in [-0.4, -0.2) is 68.2 Å². The van der Waals surface area contributed by atoms with Crippen LogP contribution in [0.2, 0.25) is 0 Å². The van der Waals surface area contributed by atoms with Crippen molar-refractivity contribution in [1.29, 1.82) is 0 Å². The van der Waals surface area contributed by atoms with Gasteiger partial charge in [-0.05, 0) is 74.0 Å². The number of hydrogen-bond donors (Lipinski definition) is 6. The molecule has 0 aliphatic rings. The summed E-state index contributed by atoms with van der Waals surface area (Å²) in [6, 6.07) is 9.82. The van der Waals surface area contributed by atoms with Gasteiger partial charge in [-0.25, -0.2) is 13.6 Å². The lowest BCUT2D eigenvalue weighted by Gasteiger charge is -2.14. The van der Waals surface area contributed by atoms with Gasteiger partial charge in [0.25, 0.3) is 5.97 Å². The zero-order chi connectivity index (χ0) is 30.0. The van der Waals surface area contributed by atoms with E-state index in [1.54, 1.807) is 24.3 Å². The number of phenols is 1. The Hall–Kier alpha value is -2.74. The van der Waals surface area contributed by atoms with Gasteiger partial charge in [0, 0.05) is 32.2 Å². The molecule has 0 saturated heterocycles. The van der Waals surface area contributed by atoms with Gasteiger partial charge in [-0.3, -0.25) is 4.79 Å². The number of sulfonamides is 1. The molecule has 0 radical (unpaired) electrons. The van der Waals surface area contributed by atoms with Crippen molar-refractivity contribution in [2.45, 2.75) is 69.5 Å². The molecule has 0 spiro atoms. The van der Waals surface area contributed by atoms with Crippen LogP contribution in [0.1, 0.15) is 68.2 Å². The van der Waals surface area contributed by atoms with E-state index in [0.717, 1.165) is 70.6 Å². The summed E-state index contributed by atoms with van der Waals surface area (Å²) in [5.41, 5.74) is 1.97. The van der Waals surface area contributed by atoms with Gasteiger partial charge in [-0.15, -0.1) is 0 Å². The summed E-state index contributed by atoms with van der Waals surface area (Å²) in [5, 5.41) is 45.0. The van der Waals surface area contributed by atoms with Gasteiger partial charge in [0.05, 0.1) is 19.8 Å². The molecule has 2 rings (SSSR count). The van der Waals surface area contributed by atoms with E-state index in [2.05, 4.69) is 5.32 Å². The third-order valence-electron chi connectivity index (χ3n) is 5.93. The molecule has 0 saturated carbocycles. The van der Waals surface area contributed by atoms with E-state index >= 15 is 0 Å². The van der Waals surface area contributed by atoms with Crippen LogP contribution in [0.25, 0.3) is 0 Å². The standard InChI is InChI=1S/C26H40N2O7S.C2H4O2/c1-34-25-12-9-20(16-26(25)36(27,32)33)8-4-7-15-35-14-6-3-2-5-13-28-18-24(31)21-10-11-23(30)22(17-21)19-29;1-2(3)4/h9-12,16-17,24,28-31H,2-8,13-15,18-19H2,1H3,(H2,27,32,33);1H3,(H,3,4)/t24-;/m0./s1. The van der Waals surface area contributed by atoms with E-state index in [1.807, 2.05) is 6.07 Å². The molecule has 0 unspecified atom stereocenters. The number of rotatable bonds is 18. The topological polar surface area (TPSA) is 189 Å². The Labute approximate surface area is 237 Å². The molecule has 0 fully saturated rings. The first kappa shape index (κ1) is 35.3. The quantitative estimate of drug-likeness (QED) is 0.142. The molecule has 0 heterocycles. The van der Waals surface area contributed by atoms with Crippen molar-refractivity contribution in [1.82, 2.24) is 5.32 Å². The molecular formula is C28H44N2O9S. The van der Waals surface area contributed by atoms with Gasteiger partial charge in [-0.2, -0.15) is 0 Å². The zero-order valence-electron chi connectivity index (χ0n) is 23.3. The normalized spacial score (nSPS) is 11.9. The highest BCUT2D eigenvalue weighted by atomic mass is 32.2. The maximum absolute atomic E-state index is 11.7. The Bertz CT molecular complexity index is 1120. The summed E-state index contributed by atoms with van der Waals surface area (Å²) < 4.78 is 34.2. The fourth-order valence-corrected chi connectivity index (χ4v) is 4.59. The maximum atomic E-state index is 11.7. The first-order valence-electron chi connectivity index (χ1n) is 13.3. The molecule has 0 bridgehead atoms. The Kier molecular flexibility index (Phi) is 17.1. The van der Waals surface area contributed by atoms with Gasteiger partial charge < -0.3 is 35.2 Å². The molecule has 0 aliphatic heterocycles. The number of carbonyl (C=O) groups is 1. The minimum atomic E-state index is -3.82. The summed E-state index contributed by atoms with van der Waals surface area (Å²) in [7, 11) is -2.41. The smallest absolute Gasteiger partial charge is 0.300 e. The van der Waals surface area contributed by atoms with E-state index in [-0.39, 0.29) is 23.0 Å². The van der Waals surface area contributed by atoms with Crippen LogP contribution in [-0.2, 0) is 32.6 Å². The van der Waals surface area contributed by atoms with E-state index in [1.165, 1.54) is 13.2 Å². The molecule has 2 aromatic rings. The lowest BCUT2D eigenvalue weighted by atomic mass is 10.1. The first-order chi connectivity index (χ1) is 19.0. The number of primary sulfonamides is 1. The van der Waals surface area contributed by atoms with Crippen LogP contribution < -0.4 is 15.2 Å². The molecule has 12 heteroatoms. The number of aliphatic hydroxyl groups excluding tert-OH is 2. The average molecular weight is 585 g/mol. The Morgan fingerprint density at radius 2 is 1.68 bits per heavy atom. The van der Waals surface area contributed by atoms with Crippen LogP contribution >= 0.6 is 0 Å². The number of aryl methyl sites for hydroxylation is 1. The second-order valence-corrected chi connectivity index (χ2v) is 10.8. The largest absolute Gasteiger partial charge is 0.508 e. The number of carboxylic acids is 1. The molecule has 40 heavy (non-hydrogen) atoms. The van der Waals surface area contributed by atoms with Gasteiger partial charge in [0.1, 0.15) is 16.4 Å². The van der Waals surface area contributed by atoms with Crippen LogP contribution in [0.15, 0.2) is 41.3 Å². The fraction of sp³-hybridized carbons (Fsp3) is 0.536. The molecule has 2 aromatic carbocycles. The highest BCUT2D eigenvalue weighted by molar-refractivity contribution is 7.89. The zero-order valence-corrected chi connectivity index (χ0v) is 24.2. The number of nitrogens with two attached hydrogens (primary N) is 1. The number of hydrogen-bond acceptors (Lipinski definition) is 9. The molecule has 226 valence electrons. The van der Waals surface area contributed by atoms with Gasteiger partial charge in [0.2, 0.25) is 10.0 Å². The predicted molar refractivity (Wildman–Crippen MR) is 152 cm³/mol. The lowest BCUT2D eigenvalue weighted by Crippen LogP contribution is -2.22. The van der Waals surface area contributed by atoms with Crippen LogP contribution in [0.5, 0.6) is 11.5 Å². The predicted octanol–water partition coefficient (Wildman–Crippen LogP) is 2.85. The van der Waals surface area contributed by atoms with Gasteiger partial charge in [0.15, 0.2) is 0 Å².